The Morgan fingerprint density at radius 1 is 1.22 bits per heavy atom. The summed E-state index contributed by atoms with van der Waals surface area (Å²) in [5.74, 6) is -0.476. The van der Waals surface area contributed by atoms with Gasteiger partial charge in [0.15, 0.2) is 0 Å². The Bertz CT molecular complexity index is 976. The first-order chi connectivity index (χ1) is 11.0. The summed E-state index contributed by atoms with van der Waals surface area (Å²) in [6, 6.07) is 8.36. The van der Waals surface area contributed by atoms with E-state index in [1.54, 1.807) is 24.3 Å². The Balaban J connectivity index is 2.06. The van der Waals surface area contributed by atoms with Gasteiger partial charge < -0.3 is 5.32 Å². The number of amides is 1. The zero-order valence-electron chi connectivity index (χ0n) is 12.1. The second-order valence-electron chi connectivity index (χ2n) is 4.67. The third kappa shape index (κ3) is 2.73. The van der Waals surface area contributed by atoms with E-state index in [0.717, 1.165) is 0 Å². The molecule has 9 heteroatoms. The number of nitrogens with one attached hydrogen (secondary N) is 3. The zero-order chi connectivity index (χ0) is 16.4. The van der Waals surface area contributed by atoms with E-state index >= 15 is 0 Å². The summed E-state index contributed by atoms with van der Waals surface area (Å²) in [5, 5.41) is 9.27. The molecule has 0 fully saturated rings. The molecule has 2 aromatic heterocycles. The molecule has 0 spiro atoms. The highest BCUT2D eigenvalue weighted by Gasteiger charge is 2.22. The Hall–Kier alpha value is -2.94. The van der Waals surface area contributed by atoms with Gasteiger partial charge in [0.1, 0.15) is 10.6 Å². The van der Waals surface area contributed by atoms with Crippen LogP contribution in [0.15, 0.2) is 47.6 Å². The Morgan fingerprint density at radius 3 is 2.78 bits per heavy atom. The van der Waals surface area contributed by atoms with E-state index in [-0.39, 0.29) is 16.3 Å². The highest BCUT2D eigenvalue weighted by Crippen LogP contribution is 2.24. The number of benzene rings is 1. The van der Waals surface area contributed by atoms with Crippen LogP contribution in [0.1, 0.15) is 10.5 Å². The molecular weight excluding hydrogens is 318 g/mol. The molecule has 3 aromatic rings. The lowest BCUT2D eigenvalue weighted by molar-refractivity contribution is 0.0959. The van der Waals surface area contributed by atoms with Crippen LogP contribution in [0.2, 0.25) is 0 Å². The molecule has 118 valence electrons. The molecule has 0 radical (unpaired) electrons. The SMILES string of the molecule is CNC(=O)c1[nH]ncc1NS(=O)(=O)c1cccc2cccnc12. The number of carbonyl (C=O) groups excluding carboxylic acids is 1. The summed E-state index contributed by atoms with van der Waals surface area (Å²) < 4.78 is 27.7. The Kier molecular flexibility index (Phi) is 3.70. The summed E-state index contributed by atoms with van der Waals surface area (Å²) >= 11 is 0. The molecule has 0 aliphatic heterocycles. The molecule has 1 amide bonds. The molecule has 0 aliphatic rings. The molecule has 3 N–H and O–H groups in total. The van der Waals surface area contributed by atoms with Crippen molar-refractivity contribution in [1.82, 2.24) is 20.5 Å². The monoisotopic (exact) mass is 331 g/mol. The average molecular weight is 331 g/mol. The fraction of sp³-hybridized carbons (Fsp3) is 0.0714. The number of fused-ring (bicyclic) bond motifs is 1. The molecule has 0 unspecified atom stereocenters. The van der Waals surface area contributed by atoms with Crippen LogP contribution in [0.5, 0.6) is 0 Å². The molecule has 2 heterocycles. The molecule has 0 saturated carbocycles. The lowest BCUT2D eigenvalue weighted by atomic mass is 10.2. The number of anilines is 1. The second kappa shape index (κ2) is 5.69. The van der Waals surface area contributed by atoms with Gasteiger partial charge in [-0.1, -0.05) is 18.2 Å². The number of H-pyrrole nitrogens is 1. The van der Waals surface area contributed by atoms with E-state index in [1.165, 1.54) is 25.5 Å². The van der Waals surface area contributed by atoms with Crippen LogP contribution in [-0.2, 0) is 10.0 Å². The number of carbonyl (C=O) groups is 1. The van der Waals surface area contributed by atoms with Crippen molar-refractivity contribution in [2.24, 2.45) is 0 Å². The first-order valence-electron chi connectivity index (χ1n) is 6.65. The number of pyridine rings is 1. The van der Waals surface area contributed by atoms with Crippen LogP contribution in [0.25, 0.3) is 10.9 Å². The minimum absolute atomic E-state index is 0.0275. The van der Waals surface area contributed by atoms with Gasteiger partial charge in [0.05, 0.1) is 17.4 Å². The molecule has 0 saturated heterocycles. The molecule has 23 heavy (non-hydrogen) atoms. The van der Waals surface area contributed by atoms with Gasteiger partial charge in [-0.25, -0.2) is 8.42 Å². The fourth-order valence-electron chi connectivity index (χ4n) is 2.15. The van der Waals surface area contributed by atoms with Gasteiger partial charge in [0, 0.05) is 18.6 Å². The van der Waals surface area contributed by atoms with Gasteiger partial charge in [0.2, 0.25) is 0 Å². The number of para-hydroxylation sites is 1. The highest BCUT2D eigenvalue weighted by atomic mass is 32.2. The van der Waals surface area contributed by atoms with Crippen molar-refractivity contribution in [2.45, 2.75) is 4.90 Å². The van der Waals surface area contributed by atoms with Crippen molar-refractivity contribution in [2.75, 3.05) is 11.8 Å². The predicted octanol–water partition coefficient (Wildman–Crippen LogP) is 1.12. The molecule has 8 nitrogen and oxygen atoms in total. The van der Waals surface area contributed by atoms with Crippen LogP contribution < -0.4 is 10.0 Å². The van der Waals surface area contributed by atoms with Crippen molar-refractivity contribution >= 4 is 32.5 Å². The minimum Gasteiger partial charge on any atom is -0.354 e. The normalized spacial score (nSPS) is 11.3. The molecule has 0 atom stereocenters. The molecule has 0 aliphatic carbocycles. The maximum Gasteiger partial charge on any atom is 0.271 e. The van der Waals surface area contributed by atoms with Crippen molar-refractivity contribution in [3.05, 3.63) is 48.4 Å². The maximum atomic E-state index is 12.7. The minimum atomic E-state index is -3.93. The van der Waals surface area contributed by atoms with Gasteiger partial charge >= 0.3 is 0 Å². The van der Waals surface area contributed by atoms with Crippen LogP contribution in [0.4, 0.5) is 5.69 Å². The molecule has 3 rings (SSSR count). The summed E-state index contributed by atoms with van der Waals surface area (Å²) in [5.41, 5.74) is 0.453. The largest absolute Gasteiger partial charge is 0.354 e. The van der Waals surface area contributed by atoms with Crippen molar-refractivity contribution < 1.29 is 13.2 Å². The van der Waals surface area contributed by atoms with Gasteiger partial charge in [0.25, 0.3) is 15.9 Å². The lowest BCUT2D eigenvalue weighted by Crippen LogP contribution is -2.21. The van der Waals surface area contributed by atoms with Crippen LogP contribution in [0.3, 0.4) is 0 Å². The summed E-state index contributed by atoms with van der Waals surface area (Å²) in [6.45, 7) is 0. The van der Waals surface area contributed by atoms with E-state index in [1.807, 2.05) is 0 Å². The van der Waals surface area contributed by atoms with E-state index in [0.29, 0.717) is 10.9 Å². The van der Waals surface area contributed by atoms with Gasteiger partial charge in [-0.15, -0.1) is 0 Å². The lowest BCUT2D eigenvalue weighted by Gasteiger charge is -2.09. The molecule has 1 aromatic carbocycles. The van der Waals surface area contributed by atoms with Crippen LogP contribution in [-0.4, -0.2) is 36.6 Å². The van der Waals surface area contributed by atoms with Gasteiger partial charge in [-0.2, -0.15) is 5.10 Å². The van der Waals surface area contributed by atoms with Crippen molar-refractivity contribution in [1.29, 1.82) is 0 Å². The highest BCUT2D eigenvalue weighted by molar-refractivity contribution is 7.93. The van der Waals surface area contributed by atoms with Gasteiger partial charge in [-0.3, -0.25) is 19.6 Å². The third-order valence-corrected chi connectivity index (χ3v) is 4.62. The number of aromatic amines is 1. The summed E-state index contributed by atoms with van der Waals surface area (Å²) in [7, 11) is -2.49. The van der Waals surface area contributed by atoms with E-state index in [4.69, 9.17) is 0 Å². The van der Waals surface area contributed by atoms with E-state index < -0.39 is 15.9 Å². The smallest absolute Gasteiger partial charge is 0.271 e. The number of hydrogen-bond donors (Lipinski definition) is 3. The fourth-order valence-corrected chi connectivity index (χ4v) is 3.39. The molecule has 0 bridgehead atoms. The second-order valence-corrected chi connectivity index (χ2v) is 6.33. The number of hydrogen-bond acceptors (Lipinski definition) is 5. The van der Waals surface area contributed by atoms with Gasteiger partial charge in [-0.05, 0) is 12.1 Å². The standard InChI is InChI=1S/C14H13N5O3S/c1-15-14(20)13-10(8-17-18-13)19-23(21,22)11-6-2-4-9-5-3-7-16-12(9)11/h2-8,19H,1H3,(H,15,20)(H,17,18). The predicted molar refractivity (Wildman–Crippen MR) is 84.5 cm³/mol. The van der Waals surface area contributed by atoms with Crippen LogP contribution >= 0.6 is 0 Å². The number of nitrogens with zero attached hydrogens (tertiary/aromatic N) is 2. The number of rotatable bonds is 4. The third-order valence-electron chi connectivity index (χ3n) is 3.22. The summed E-state index contributed by atoms with van der Waals surface area (Å²) in [6.07, 6.45) is 2.76. The van der Waals surface area contributed by atoms with Crippen molar-refractivity contribution in [3.8, 4) is 0 Å². The van der Waals surface area contributed by atoms with E-state index in [9.17, 15) is 13.2 Å². The molecular formula is C14H13N5O3S. The zero-order valence-corrected chi connectivity index (χ0v) is 12.9. The summed E-state index contributed by atoms with van der Waals surface area (Å²) in [4.78, 5) is 15.9. The Labute approximate surface area is 132 Å². The first-order valence-corrected chi connectivity index (χ1v) is 8.13. The van der Waals surface area contributed by atoms with Crippen molar-refractivity contribution in [3.63, 3.8) is 0 Å². The first kappa shape index (κ1) is 15.0. The Morgan fingerprint density at radius 2 is 2.00 bits per heavy atom. The quantitative estimate of drug-likeness (QED) is 0.662. The van der Waals surface area contributed by atoms with Crippen LogP contribution in [0, 0.1) is 0 Å². The van der Waals surface area contributed by atoms with E-state index in [2.05, 4.69) is 25.2 Å². The maximum absolute atomic E-state index is 12.7. The topological polar surface area (TPSA) is 117 Å². The number of sulfonamides is 1. The number of aromatic nitrogens is 3. The average Bonchev–Trinajstić information content (AvgIpc) is 3.01.